The van der Waals surface area contributed by atoms with E-state index in [2.05, 4.69) is 32.3 Å². The van der Waals surface area contributed by atoms with Crippen molar-refractivity contribution in [2.45, 2.75) is 38.5 Å². The van der Waals surface area contributed by atoms with Gasteiger partial charge in [0.05, 0.1) is 12.7 Å². The Bertz CT molecular complexity index is 221. The molecule has 0 bridgehead atoms. The molecule has 0 aromatic heterocycles. The first kappa shape index (κ1) is 12.8. The van der Waals surface area contributed by atoms with E-state index in [-0.39, 0.29) is 11.9 Å². The summed E-state index contributed by atoms with van der Waals surface area (Å²) in [4.78, 5) is 13.9. The minimum atomic E-state index is 0.0547. The van der Waals surface area contributed by atoms with Crippen LogP contribution in [0, 0.1) is 5.92 Å². The molecule has 1 N–H and O–H groups in total. The van der Waals surface area contributed by atoms with Gasteiger partial charge in [0.2, 0.25) is 5.91 Å². The molecule has 88 valence electrons. The zero-order valence-electron chi connectivity index (χ0n) is 10.1. The molecule has 1 aliphatic heterocycles. The van der Waals surface area contributed by atoms with Crippen molar-refractivity contribution < 1.29 is 4.79 Å². The predicted molar refractivity (Wildman–Crippen MR) is 65.9 cm³/mol. The lowest BCUT2D eigenvalue weighted by atomic mass is 10.0. The van der Waals surface area contributed by atoms with Crippen molar-refractivity contribution in [2.75, 3.05) is 19.5 Å². The first-order chi connectivity index (χ1) is 7.04. The van der Waals surface area contributed by atoms with Crippen LogP contribution in [0.2, 0.25) is 0 Å². The van der Waals surface area contributed by atoms with Gasteiger partial charge in [-0.05, 0) is 18.6 Å². The van der Waals surface area contributed by atoms with E-state index in [9.17, 15) is 4.79 Å². The zero-order chi connectivity index (χ0) is 11.4. The smallest absolute Gasteiger partial charge is 0.240 e. The fourth-order valence-corrected chi connectivity index (χ4v) is 2.13. The van der Waals surface area contributed by atoms with E-state index in [1.807, 2.05) is 16.7 Å². The summed E-state index contributed by atoms with van der Waals surface area (Å²) in [5.74, 6) is 0.856. The zero-order valence-corrected chi connectivity index (χ0v) is 10.9. The van der Waals surface area contributed by atoms with Crippen LogP contribution in [0.5, 0.6) is 0 Å². The first-order valence-corrected chi connectivity index (χ1v) is 6.88. The van der Waals surface area contributed by atoms with Gasteiger partial charge < -0.3 is 4.90 Å². The Balaban J connectivity index is 2.42. The van der Waals surface area contributed by atoms with E-state index < -0.39 is 0 Å². The molecule has 15 heavy (non-hydrogen) atoms. The Kier molecular flexibility index (Phi) is 4.93. The monoisotopic (exact) mass is 230 g/mol. The van der Waals surface area contributed by atoms with Crippen LogP contribution in [-0.4, -0.2) is 41.6 Å². The average molecular weight is 230 g/mol. The molecular formula is C11H22N2OS. The summed E-state index contributed by atoms with van der Waals surface area (Å²) in [6, 6.07) is 0.0547. The van der Waals surface area contributed by atoms with Crippen LogP contribution in [0.4, 0.5) is 0 Å². The van der Waals surface area contributed by atoms with Gasteiger partial charge in [-0.15, -0.1) is 0 Å². The number of carbonyl (C=O) groups excluding carboxylic acids is 1. The molecule has 1 rings (SSSR count). The Labute approximate surface area is 97.0 Å². The van der Waals surface area contributed by atoms with Crippen molar-refractivity contribution in [3.8, 4) is 0 Å². The van der Waals surface area contributed by atoms with Gasteiger partial charge in [0, 0.05) is 11.8 Å². The van der Waals surface area contributed by atoms with E-state index in [1.165, 1.54) is 0 Å². The molecule has 0 aromatic rings. The second-order valence-electron chi connectivity index (χ2n) is 4.65. The molecule has 1 amide bonds. The van der Waals surface area contributed by atoms with Gasteiger partial charge in [-0.3, -0.25) is 10.1 Å². The number of thioether (sulfide) groups is 1. The van der Waals surface area contributed by atoms with Crippen molar-refractivity contribution in [1.29, 1.82) is 0 Å². The molecule has 0 saturated carbocycles. The molecule has 1 heterocycles. The van der Waals surface area contributed by atoms with Gasteiger partial charge in [-0.2, -0.15) is 11.8 Å². The average Bonchev–Trinajstić information content (AvgIpc) is 2.49. The third kappa shape index (κ3) is 3.68. The molecule has 1 fully saturated rings. The van der Waals surface area contributed by atoms with Crippen molar-refractivity contribution in [3.63, 3.8) is 0 Å². The maximum absolute atomic E-state index is 11.9. The summed E-state index contributed by atoms with van der Waals surface area (Å²) >= 11 is 1.81. The van der Waals surface area contributed by atoms with E-state index in [0.717, 1.165) is 19.6 Å². The van der Waals surface area contributed by atoms with Crippen molar-refractivity contribution in [1.82, 2.24) is 10.2 Å². The second kappa shape index (κ2) is 5.75. The lowest BCUT2D eigenvalue weighted by Gasteiger charge is -2.19. The van der Waals surface area contributed by atoms with Crippen LogP contribution >= 0.6 is 11.8 Å². The normalized spacial score (nSPS) is 23.9. The number of hydrogen-bond acceptors (Lipinski definition) is 3. The van der Waals surface area contributed by atoms with Crippen LogP contribution in [0.3, 0.4) is 0 Å². The van der Waals surface area contributed by atoms with Gasteiger partial charge in [0.25, 0.3) is 0 Å². The summed E-state index contributed by atoms with van der Waals surface area (Å²) in [6.45, 7) is 8.06. The summed E-state index contributed by atoms with van der Waals surface area (Å²) in [7, 11) is 0. The molecule has 2 atom stereocenters. The Morgan fingerprint density at radius 2 is 2.20 bits per heavy atom. The number of hydrogen-bond donors (Lipinski definition) is 1. The van der Waals surface area contributed by atoms with Gasteiger partial charge in [-0.1, -0.05) is 20.8 Å². The highest BCUT2D eigenvalue weighted by atomic mass is 32.2. The molecule has 4 heteroatoms. The highest BCUT2D eigenvalue weighted by Gasteiger charge is 2.31. The minimum absolute atomic E-state index is 0.0547. The van der Waals surface area contributed by atoms with Crippen LogP contribution in [-0.2, 0) is 4.79 Å². The van der Waals surface area contributed by atoms with E-state index in [1.54, 1.807) is 0 Å². The minimum Gasteiger partial charge on any atom is -0.327 e. The fraction of sp³-hybridized carbons (Fsp3) is 0.909. The van der Waals surface area contributed by atoms with E-state index in [0.29, 0.717) is 11.2 Å². The van der Waals surface area contributed by atoms with Crippen molar-refractivity contribution in [3.05, 3.63) is 0 Å². The molecule has 1 aliphatic rings. The van der Waals surface area contributed by atoms with Gasteiger partial charge in [0.15, 0.2) is 0 Å². The topological polar surface area (TPSA) is 32.3 Å². The largest absolute Gasteiger partial charge is 0.327 e. The Hall–Kier alpha value is -0.220. The Morgan fingerprint density at radius 3 is 2.73 bits per heavy atom. The summed E-state index contributed by atoms with van der Waals surface area (Å²) < 4.78 is 0. The first-order valence-electron chi connectivity index (χ1n) is 5.59. The third-order valence-corrected chi connectivity index (χ3v) is 3.68. The molecule has 0 aromatic carbocycles. The molecule has 0 spiro atoms. The van der Waals surface area contributed by atoms with Gasteiger partial charge in [-0.25, -0.2) is 0 Å². The van der Waals surface area contributed by atoms with Crippen LogP contribution in [0.15, 0.2) is 0 Å². The summed E-state index contributed by atoms with van der Waals surface area (Å²) in [6.07, 6.45) is 3.03. The lowest BCUT2D eigenvalue weighted by Crippen LogP contribution is -2.34. The summed E-state index contributed by atoms with van der Waals surface area (Å²) in [5.41, 5.74) is 0. The molecule has 0 radical (unpaired) electrons. The van der Waals surface area contributed by atoms with E-state index >= 15 is 0 Å². The number of rotatable bonds is 5. The maximum Gasteiger partial charge on any atom is 0.240 e. The highest BCUT2D eigenvalue weighted by molar-refractivity contribution is 7.99. The Morgan fingerprint density at radius 1 is 1.53 bits per heavy atom. The van der Waals surface area contributed by atoms with Gasteiger partial charge in [0.1, 0.15) is 0 Å². The van der Waals surface area contributed by atoms with Gasteiger partial charge >= 0.3 is 0 Å². The number of carbonyl (C=O) groups is 1. The second-order valence-corrected chi connectivity index (χ2v) is 5.93. The number of nitrogens with zero attached hydrogens (tertiary/aromatic N) is 1. The highest BCUT2D eigenvalue weighted by Crippen LogP contribution is 2.15. The van der Waals surface area contributed by atoms with Crippen LogP contribution < -0.4 is 5.32 Å². The quantitative estimate of drug-likeness (QED) is 0.777. The summed E-state index contributed by atoms with van der Waals surface area (Å²) in [5, 5.41) is 3.81. The standard InChI is InChI=1S/C11H22N2OS/c1-8(2)5-10-11(14)13(7-12-10)6-9(3)15-4/h8-10,12H,5-7H2,1-4H3. The van der Waals surface area contributed by atoms with Crippen LogP contribution in [0.1, 0.15) is 27.2 Å². The van der Waals surface area contributed by atoms with Crippen molar-refractivity contribution >= 4 is 17.7 Å². The maximum atomic E-state index is 11.9. The SMILES string of the molecule is CSC(C)CN1CNC(CC(C)C)C1=O. The molecule has 0 aliphatic carbocycles. The number of amides is 1. The molecule has 3 nitrogen and oxygen atoms in total. The lowest BCUT2D eigenvalue weighted by molar-refractivity contribution is -0.129. The van der Waals surface area contributed by atoms with Crippen LogP contribution in [0.25, 0.3) is 0 Å². The number of nitrogens with one attached hydrogen (secondary N) is 1. The molecule has 1 saturated heterocycles. The van der Waals surface area contributed by atoms with Crippen molar-refractivity contribution in [2.24, 2.45) is 5.92 Å². The van der Waals surface area contributed by atoms with E-state index in [4.69, 9.17) is 0 Å². The molecular weight excluding hydrogens is 208 g/mol. The molecule has 2 unspecified atom stereocenters. The third-order valence-electron chi connectivity index (χ3n) is 2.73. The fourth-order valence-electron chi connectivity index (χ4n) is 1.80. The predicted octanol–water partition coefficient (Wildman–Crippen LogP) is 1.54.